The van der Waals surface area contributed by atoms with Gasteiger partial charge in [0.15, 0.2) is 0 Å². The first-order chi connectivity index (χ1) is 10.8. The van der Waals surface area contributed by atoms with Crippen LogP contribution >= 0.6 is 0 Å². The molecule has 1 aliphatic rings. The van der Waals surface area contributed by atoms with Crippen LogP contribution in [0, 0.1) is 6.92 Å². The number of aryl methyl sites for hydroxylation is 1. The largest absolute Gasteiger partial charge is 0.493 e. The van der Waals surface area contributed by atoms with Crippen molar-refractivity contribution in [3.05, 3.63) is 64.7 Å². The van der Waals surface area contributed by atoms with Gasteiger partial charge in [-0.25, -0.2) is 0 Å². The second kappa shape index (κ2) is 6.95. The van der Waals surface area contributed by atoms with E-state index in [1.54, 1.807) is 0 Å². The molecule has 0 aliphatic carbocycles. The smallest absolute Gasteiger partial charge is 0.124 e. The number of ether oxygens (including phenoxy) is 1. The summed E-state index contributed by atoms with van der Waals surface area (Å²) in [7, 11) is 0. The zero-order valence-corrected chi connectivity index (χ0v) is 13.0. The van der Waals surface area contributed by atoms with Gasteiger partial charge in [0, 0.05) is 18.2 Å². The maximum absolute atomic E-state index is 9.45. The van der Waals surface area contributed by atoms with Crippen molar-refractivity contribution < 1.29 is 9.84 Å². The van der Waals surface area contributed by atoms with Crippen molar-refractivity contribution in [2.24, 2.45) is 0 Å². The van der Waals surface area contributed by atoms with Crippen molar-refractivity contribution in [1.29, 1.82) is 0 Å². The molecule has 0 saturated heterocycles. The molecule has 3 heteroatoms. The maximum atomic E-state index is 9.45. The van der Waals surface area contributed by atoms with Crippen LogP contribution in [0.15, 0.2) is 42.5 Å². The van der Waals surface area contributed by atoms with E-state index in [2.05, 4.69) is 36.5 Å². The van der Waals surface area contributed by atoms with Gasteiger partial charge in [0.05, 0.1) is 13.2 Å². The van der Waals surface area contributed by atoms with E-state index in [0.29, 0.717) is 6.04 Å². The van der Waals surface area contributed by atoms with Crippen LogP contribution in [0.2, 0.25) is 0 Å². The Hall–Kier alpha value is -1.84. The number of hydrogen-bond donors (Lipinski definition) is 2. The Morgan fingerprint density at radius 1 is 1.18 bits per heavy atom. The van der Waals surface area contributed by atoms with Gasteiger partial charge >= 0.3 is 0 Å². The Kier molecular flexibility index (Phi) is 4.76. The first-order valence-electron chi connectivity index (χ1n) is 7.92. The minimum absolute atomic E-state index is 0.0846. The van der Waals surface area contributed by atoms with Crippen LogP contribution in [-0.2, 0) is 13.2 Å². The van der Waals surface area contributed by atoms with E-state index in [-0.39, 0.29) is 6.61 Å². The molecule has 1 unspecified atom stereocenters. The Morgan fingerprint density at radius 2 is 2.00 bits per heavy atom. The van der Waals surface area contributed by atoms with E-state index < -0.39 is 0 Å². The van der Waals surface area contributed by atoms with Gasteiger partial charge in [0.1, 0.15) is 5.75 Å². The summed E-state index contributed by atoms with van der Waals surface area (Å²) in [4.78, 5) is 0. The van der Waals surface area contributed by atoms with Gasteiger partial charge in [-0.1, -0.05) is 42.0 Å². The summed E-state index contributed by atoms with van der Waals surface area (Å²) < 4.78 is 5.85. The zero-order chi connectivity index (χ0) is 15.4. The summed E-state index contributed by atoms with van der Waals surface area (Å²) in [6.07, 6.45) is 2.12. The second-order valence-corrected chi connectivity index (χ2v) is 5.89. The average molecular weight is 297 g/mol. The summed E-state index contributed by atoms with van der Waals surface area (Å²) in [5.41, 5.74) is 4.65. The number of benzene rings is 2. The van der Waals surface area contributed by atoms with Crippen molar-refractivity contribution in [2.75, 3.05) is 6.61 Å². The fourth-order valence-electron chi connectivity index (χ4n) is 3.03. The Balaban J connectivity index is 1.79. The predicted molar refractivity (Wildman–Crippen MR) is 87.9 cm³/mol. The third-order valence-electron chi connectivity index (χ3n) is 4.26. The molecular formula is C19H23NO2. The number of hydrogen-bond acceptors (Lipinski definition) is 3. The van der Waals surface area contributed by atoms with Crippen LogP contribution in [0.1, 0.15) is 41.1 Å². The number of nitrogens with one attached hydrogen (secondary N) is 1. The van der Waals surface area contributed by atoms with Gasteiger partial charge < -0.3 is 15.2 Å². The van der Waals surface area contributed by atoms with Crippen molar-refractivity contribution in [2.45, 2.75) is 39.0 Å². The van der Waals surface area contributed by atoms with E-state index in [1.165, 1.54) is 11.1 Å². The van der Waals surface area contributed by atoms with Crippen LogP contribution < -0.4 is 10.1 Å². The molecule has 0 saturated carbocycles. The highest BCUT2D eigenvalue weighted by molar-refractivity contribution is 5.40. The molecule has 0 fully saturated rings. The van der Waals surface area contributed by atoms with Gasteiger partial charge in [-0.15, -0.1) is 0 Å². The Bertz CT molecular complexity index is 639. The molecule has 0 aromatic heterocycles. The standard InChI is InChI=1S/C19H23NO2/c1-14-8-9-19-17(11-14)18(7-4-10-22-19)20-12-15-5-2-3-6-16(15)13-21/h2-3,5-6,8-9,11,18,20-21H,4,7,10,12-13H2,1H3. The van der Waals surface area contributed by atoms with Gasteiger partial charge in [-0.05, 0) is 37.0 Å². The lowest BCUT2D eigenvalue weighted by atomic mass is 9.99. The minimum Gasteiger partial charge on any atom is -0.493 e. The molecule has 22 heavy (non-hydrogen) atoms. The highest BCUT2D eigenvalue weighted by Crippen LogP contribution is 2.32. The van der Waals surface area contributed by atoms with Crippen molar-refractivity contribution >= 4 is 0 Å². The second-order valence-electron chi connectivity index (χ2n) is 5.89. The molecule has 2 N–H and O–H groups in total. The highest BCUT2D eigenvalue weighted by Gasteiger charge is 2.19. The molecule has 116 valence electrons. The third kappa shape index (κ3) is 3.32. The molecule has 0 spiro atoms. The summed E-state index contributed by atoms with van der Waals surface area (Å²) in [6.45, 7) is 3.74. The predicted octanol–water partition coefficient (Wildman–Crippen LogP) is 3.49. The van der Waals surface area contributed by atoms with Gasteiger partial charge in [-0.3, -0.25) is 0 Å². The zero-order valence-electron chi connectivity index (χ0n) is 13.0. The molecule has 0 bridgehead atoms. The van der Waals surface area contributed by atoms with Gasteiger partial charge in [-0.2, -0.15) is 0 Å². The topological polar surface area (TPSA) is 41.5 Å². The van der Waals surface area contributed by atoms with Crippen LogP contribution in [0.4, 0.5) is 0 Å². The number of fused-ring (bicyclic) bond motifs is 1. The SMILES string of the molecule is Cc1ccc2c(c1)C(NCc1ccccc1CO)CCCO2. The maximum Gasteiger partial charge on any atom is 0.124 e. The lowest BCUT2D eigenvalue weighted by molar-refractivity contribution is 0.280. The molecular weight excluding hydrogens is 274 g/mol. The summed E-state index contributed by atoms with van der Waals surface area (Å²) in [5.74, 6) is 0.996. The summed E-state index contributed by atoms with van der Waals surface area (Å²) in [5, 5.41) is 13.1. The van der Waals surface area contributed by atoms with Crippen LogP contribution in [0.25, 0.3) is 0 Å². The summed E-state index contributed by atoms with van der Waals surface area (Å²) in [6, 6.07) is 14.7. The number of rotatable bonds is 4. The van der Waals surface area contributed by atoms with E-state index in [0.717, 1.165) is 42.9 Å². The van der Waals surface area contributed by atoms with Crippen LogP contribution in [0.3, 0.4) is 0 Å². The highest BCUT2D eigenvalue weighted by atomic mass is 16.5. The van der Waals surface area contributed by atoms with Gasteiger partial charge in [0.25, 0.3) is 0 Å². The monoisotopic (exact) mass is 297 g/mol. The molecule has 3 rings (SSSR count). The van der Waals surface area contributed by atoms with Gasteiger partial charge in [0.2, 0.25) is 0 Å². The van der Waals surface area contributed by atoms with Crippen LogP contribution in [0.5, 0.6) is 5.75 Å². The fraction of sp³-hybridized carbons (Fsp3) is 0.368. The minimum atomic E-state index is 0.0846. The molecule has 2 aromatic carbocycles. The molecule has 0 radical (unpaired) electrons. The number of aliphatic hydroxyl groups is 1. The quantitative estimate of drug-likeness (QED) is 0.907. The molecule has 1 heterocycles. The molecule has 1 aliphatic heterocycles. The Labute approximate surface area is 131 Å². The summed E-state index contributed by atoms with van der Waals surface area (Å²) >= 11 is 0. The Morgan fingerprint density at radius 3 is 2.82 bits per heavy atom. The molecule has 1 atom stereocenters. The molecule has 3 nitrogen and oxygen atoms in total. The first-order valence-corrected chi connectivity index (χ1v) is 7.92. The lowest BCUT2D eigenvalue weighted by Crippen LogP contribution is -2.21. The number of aliphatic hydroxyl groups excluding tert-OH is 1. The molecule has 2 aromatic rings. The normalized spacial score (nSPS) is 17.5. The van der Waals surface area contributed by atoms with Crippen molar-refractivity contribution in [3.63, 3.8) is 0 Å². The average Bonchev–Trinajstić information content (AvgIpc) is 2.75. The molecule has 0 amide bonds. The first kappa shape index (κ1) is 15.1. The van der Waals surface area contributed by atoms with E-state index >= 15 is 0 Å². The van der Waals surface area contributed by atoms with E-state index in [4.69, 9.17) is 4.74 Å². The lowest BCUT2D eigenvalue weighted by Gasteiger charge is -2.20. The van der Waals surface area contributed by atoms with E-state index in [9.17, 15) is 5.11 Å². The van der Waals surface area contributed by atoms with Crippen LogP contribution in [-0.4, -0.2) is 11.7 Å². The van der Waals surface area contributed by atoms with E-state index in [1.807, 2.05) is 18.2 Å². The van der Waals surface area contributed by atoms with Crippen molar-refractivity contribution in [3.8, 4) is 5.75 Å². The third-order valence-corrected chi connectivity index (χ3v) is 4.26. The van der Waals surface area contributed by atoms with Crippen molar-refractivity contribution in [1.82, 2.24) is 5.32 Å². The fourth-order valence-corrected chi connectivity index (χ4v) is 3.03.